The molecule has 1 rings (SSSR count). The van der Waals surface area contributed by atoms with Crippen LogP contribution in [0.2, 0.25) is 0 Å². The van der Waals surface area contributed by atoms with E-state index >= 15 is 0 Å². The van der Waals surface area contributed by atoms with E-state index in [2.05, 4.69) is 17.0 Å². The summed E-state index contributed by atoms with van der Waals surface area (Å²) in [5.74, 6) is 0.255. The van der Waals surface area contributed by atoms with Gasteiger partial charge >= 0.3 is 0 Å². The highest BCUT2D eigenvalue weighted by atomic mass is 32.2. The van der Waals surface area contributed by atoms with E-state index in [0.717, 1.165) is 38.6 Å². The number of hydrogen-bond donors (Lipinski definition) is 2. The highest BCUT2D eigenvalue weighted by Gasteiger charge is 2.19. The average Bonchev–Trinajstić information content (AvgIpc) is 2.37. The Labute approximate surface area is 112 Å². The van der Waals surface area contributed by atoms with E-state index in [1.54, 1.807) is 0 Å². The van der Waals surface area contributed by atoms with E-state index in [9.17, 15) is 8.42 Å². The first kappa shape index (κ1) is 15.9. The van der Waals surface area contributed by atoms with Crippen molar-refractivity contribution in [2.24, 2.45) is 0 Å². The van der Waals surface area contributed by atoms with Crippen molar-refractivity contribution in [2.45, 2.75) is 70.9 Å². The topological polar surface area (TPSA) is 58.2 Å². The summed E-state index contributed by atoms with van der Waals surface area (Å²) in [5.41, 5.74) is 0. The van der Waals surface area contributed by atoms with Crippen molar-refractivity contribution in [1.29, 1.82) is 0 Å². The Balaban J connectivity index is 2.33. The maximum Gasteiger partial charge on any atom is 0.211 e. The summed E-state index contributed by atoms with van der Waals surface area (Å²) in [6, 6.07) is 0.501. The molecule has 5 heteroatoms. The van der Waals surface area contributed by atoms with Crippen LogP contribution in [0.5, 0.6) is 0 Å². The van der Waals surface area contributed by atoms with Crippen LogP contribution in [0.25, 0.3) is 0 Å². The zero-order valence-electron chi connectivity index (χ0n) is 11.7. The molecule has 0 aliphatic carbocycles. The standard InChI is InChI=1S/C13H28N2O2S/c1-3-7-12(4-2)15-18(16,17)11-9-13-8-5-6-10-14-13/h12-15H,3-11H2,1-2H3. The fraction of sp³-hybridized carbons (Fsp3) is 1.00. The summed E-state index contributed by atoms with van der Waals surface area (Å²) in [4.78, 5) is 0. The molecule has 0 aromatic carbocycles. The van der Waals surface area contributed by atoms with Gasteiger partial charge in [0.1, 0.15) is 0 Å². The van der Waals surface area contributed by atoms with Gasteiger partial charge in [0.2, 0.25) is 10.0 Å². The van der Waals surface area contributed by atoms with Crippen LogP contribution in [0.1, 0.15) is 58.8 Å². The number of sulfonamides is 1. The monoisotopic (exact) mass is 276 g/mol. The molecule has 1 aliphatic rings. The summed E-state index contributed by atoms with van der Waals surface area (Å²) < 4.78 is 26.8. The largest absolute Gasteiger partial charge is 0.314 e. The quantitative estimate of drug-likeness (QED) is 0.713. The molecule has 0 spiro atoms. The van der Waals surface area contributed by atoms with Crippen molar-refractivity contribution >= 4 is 10.0 Å². The number of piperidine rings is 1. The van der Waals surface area contributed by atoms with E-state index < -0.39 is 10.0 Å². The van der Waals surface area contributed by atoms with Crippen LogP contribution in [0.15, 0.2) is 0 Å². The lowest BCUT2D eigenvalue weighted by atomic mass is 10.0. The van der Waals surface area contributed by atoms with Crippen molar-refractivity contribution < 1.29 is 8.42 Å². The smallest absolute Gasteiger partial charge is 0.211 e. The normalized spacial score (nSPS) is 22.9. The Morgan fingerprint density at radius 1 is 1.33 bits per heavy atom. The van der Waals surface area contributed by atoms with Crippen LogP contribution in [0.4, 0.5) is 0 Å². The molecule has 2 N–H and O–H groups in total. The van der Waals surface area contributed by atoms with E-state index in [1.807, 2.05) is 6.92 Å². The van der Waals surface area contributed by atoms with Gasteiger partial charge in [-0.25, -0.2) is 13.1 Å². The van der Waals surface area contributed by atoms with Gasteiger partial charge in [-0.2, -0.15) is 0 Å². The first-order valence-electron chi connectivity index (χ1n) is 7.30. The predicted octanol–water partition coefficient (Wildman–Crippen LogP) is 2.02. The second-order valence-corrected chi connectivity index (χ2v) is 7.14. The van der Waals surface area contributed by atoms with Gasteiger partial charge in [0.05, 0.1) is 5.75 Å². The second-order valence-electron chi connectivity index (χ2n) is 5.27. The molecule has 1 aliphatic heterocycles. The summed E-state index contributed by atoms with van der Waals surface area (Å²) in [6.45, 7) is 5.15. The molecule has 108 valence electrons. The summed E-state index contributed by atoms with van der Waals surface area (Å²) in [6.07, 6.45) is 7.10. The highest BCUT2D eigenvalue weighted by molar-refractivity contribution is 7.89. The molecule has 18 heavy (non-hydrogen) atoms. The summed E-state index contributed by atoms with van der Waals surface area (Å²) in [7, 11) is -3.10. The average molecular weight is 276 g/mol. The van der Waals surface area contributed by atoms with Crippen LogP contribution in [0, 0.1) is 0 Å². The van der Waals surface area contributed by atoms with E-state index in [1.165, 1.54) is 12.8 Å². The van der Waals surface area contributed by atoms with Crippen LogP contribution in [-0.4, -0.2) is 32.8 Å². The molecule has 0 bridgehead atoms. The molecule has 4 nitrogen and oxygen atoms in total. The minimum Gasteiger partial charge on any atom is -0.314 e. The Kier molecular flexibility index (Phi) is 7.19. The zero-order valence-corrected chi connectivity index (χ0v) is 12.6. The molecule has 0 aromatic rings. The van der Waals surface area contributed by atoms with Crippen molar-refractivity contribution in [1.82, 2.24) is 10.0 Å². The highest BCUT2D eigenvalue weighted by Crippen LogP contribution is 2.11. The van der Waals surface area contributed by atoms with E-state index in [0.29, 0.717) is 6.04 Å². The second kappa shape index (κ2) is 8.12. The van der Waals surface area contributed by atoms with Gasteiger partial charge in [-0.15, -0.1) is 0 Å². The fourth-order valence-electron chi connectivity index (χ4n) is 2.48. The summed E-state index contributed by atoms with van der Waals surface area (Å²) in [5, 5.41) is 3.39. The molecule has 1 heterocycles. The minimum absolute atomic E-state index is 0.110. The number of hydrogen-bond acceptors (Lipinski definition) is 3. The third-order valence-corrected chi connectivity index (χ3v) is 5.09. The first-order valence-corrected chi connectivity index (χ1v) is 8.96. The first-order chi connectivity index (χ1) is 8.57. The molecule has 2 unspecified atom stereocenters. The van der Waals surface area contributed by atoms with Crippen molar-refractivity contribution in [3.8, 4) is 0 Å². The Hall–Kier alpha value is -0.130. The summed E-state index contributed by atoms with van der Waals surface area (Å²) >= 11 is 0. The fourth-order valence-corrected chi connectivity index (χ4v) is 3.98. The lowest BCUT2D eigenvalue weighted by Crippen LogP contribution is -2.39. The van der Waals surface area contributed by atoms with Crippen molar-refractivity contribution in [3.63, 3.8) is 0 Å². The SMILES string of the molecule is CCCC(CC)NS(=O)(=O)CCC1CCCCN1. The molecular weight excluding hydrogens is 248 g/mol. The Morgan fingerprint density at radius 2 is 2.11 bits per heavy atom. The zero-order chi connectivity index (χ0) is 13.4. The van der Waals surface area contributed by atoms with Gasteiger partial charge in [-0.3, -0.25) is 0 Å². The van der Waals surface area contributed by atoms with Gasteiger partial charge < -0.3 is 5.32 Å². The number of rotatable bonds is 8. The molecule has 0 amide bonds. The third-order valence-electron chi connectivity index (χ3n) is 3.62. The van der Waals surface area contributed by atoms with Crippen LogP contribution >= 0.6 is 0 Å². The van der Waals surface area contributed by atoms with Gasteiger partial charge in [0.25, 0.3) is 0 Å². The lowest BCUT2D eigenvalue weighted by molar-refractivity contribution is 0.391. The molecular formula is C13H28N2O2S. The van der Waals surface area contributed by atoms with E-state index in [-0.39, 0.29) is 11.8 Å². The molecule has 2 atom stereocenters. The molecule has 0 aromatic heterocycles. The third kappa shape index (κ3) is 6.16. The van der Waals surface area contributed by atoms with Gasteiger partial charge in [0.15, 0.2) is 0 Å². The molecule has 0 saturated carbocycles. The number of nitrogens with one attached hydrogen (secondary N) is 2. The maximum absolute atomic E-state index is 12.0. The molecule has 0 radical (unpaired) electrons. The maximum atomic E-state index is 12.0. The lowest BCUT2D eigenvalue weighted by Gasteiger charge is -2.24. The predicted molar refractivity (Wildman–Crippen MR) is 76.2 cm³/mol. The Morgan fingerprint density at radius 3 is 2.67 bits per heavy atom. The van der Waals surface area contributed by atoms with E-state index in [4.69, 9.17) is 0 Å². The van der Waals surface area contributed by atoms with Crippen LogP contribution < -0.4 is 10.0 Å². The van der Waals surface area contributed by atoms with Crippen LogP contribution in [0.3, 0.4) is 0 Å². The van der Waals surface area contributed by atoms with Crippen molar-refractivity contribution in [3.05, 3.63) is 0 Å². The Bertz CT molecular complexity index is 311. The molecule has 1 saturated heterocycles. The minimum atomic E-state index is -3.10. The van der Waals surface area contributed by atoms with Gasteiger partial charge in [-0.1, -0.05) is 26.7 Å². The van der Waals surface area contributed by atoms with Crippen LogP contribution in [-0.2, 0) is 10.0 Å². The van der Waals surface area contributed by atoms with Gasteiger partial charge in [-0.05, 0) is 38.6 Å². The van der Waals surface area contributed by atoms with Crippen molar-refractivity contribution in [2.75, 3.05) is 12.3 Å². The van der Waals surface area contributed by atoms with Gasteiger partial charge in [0, 0.05) is 12.1 Å². The molecule has 1 fully saturated rings.